The highest BCUT2D eigenvalue weighted by atomic mass is 16.2. The van der Waals surface area contributed by atoms with E-state index in [-0.39, 0.29) is 5.91 Å². The topological polar surface area (TPSA) is 62.2 Å². The summed E-state index contributed by atoms with van der Waals surface area (Å²) in [5, 5.41) is 0. The highest BCUT2D eigenvalue weighted by molar-refractivity contribution is 5.93. The van der Waals surface area contributed by atoms with E-state index in [1.165, 1.54) is 0 Å². The van der Waals surface area contributed by atoms with Crippen LogP contribution in [0.25, 0.3) is 0 Å². The van der Waals surface area contributed by atoms with Crippen LogP contribution in [-0.4, -0.2) is 51.9 Å². The first-order valence-electron chi connectivity index (χ1n) is 7.53. The van der Waals surface area contributed by atoms with E-state index in [1.54, 1.807) is 24.8 Å². The van der Waals surface area contributed by atoms with Crippen LogP contribution >= 0.6 is 0 Å². The highest BCUT2D eigenvalue weighted by Gasteiger charge is 2.24. The molecular weight excluding hydrogens is 278 g/mol. The van der Waals surface area contributed by atoms with Gasteiger partial charge in [0.15, 0.2) is 0 Å². The maximum Gasteiger partial charge on any atom is 0.272 e. The van der Waals surface area contributed by atoms with E-state index in [4.69, 9.17) is 0 Å². The zero-order valence-corrected chi connectivity index (χ0v) is 12.6. The number of amides is 1. The number of pyridine rings is 1. The summed E-state index contributed by atoms with van der Waals surface area (Å²) in [7, 11) is 0. The number of hydrogen-bond donors (Lipinski definition) is 0. The molecule has 6 heteroatoms. The first-order chi connectivity index (χ1) is 10.8. The zero-order valence-electron chi connectivity index (χ0n) is 12.6. The fourth-order valence-corrected chi connectivity index (χ4v) is 2.66. The predicted octanol–water partition coefficient (Wildman–Crippen LogP) is 1.40. The molecule has 0 unspecified atom stereocenters. The largest absolute Gasteiger partial charge is 0.352 e. The van der Waals surface area contributed by atoms with Crippen LogP contribution in [0.15, 0.2) is 36.9 Å². The van der Waals surface area contributed by atoms with Crippen molar-refractivity contribution in [2.45, 2.75) is 13.3 Å². The molecule has 22 heavy (non-hydrogen) atoms. The first-order valence-corrected chi connectivity index (χ1v) is 7.53. The van der Waals surface area contributed by atoms with Gasteiger partial charge in [-0.25, -0.2) is 4.98 Å². The monoisotopic (exact) mass is 297 g/mol. The Labute approximate surface area is 129 Å². The normalized spacial score (nSPS) is 15.0. The quantitative estimate of drug-likeness (QED) is 0.857. The molecule has 1 amide bonds. The number of nitrogens with zero attached hydrogens (tertiary/aromatic N) is 5. The van der Waals surface area contributed by atoms with Crippen LogP contribution in [0, 0.1) is 0 Å². The summed E-state index contributed by atoms with van der Waals surface area (Å²) in [4.78, 5) is 29.3. The third-order valence-corrected chi connectivity index (χ3v) is 3.92. The van der Waals surface area contributed by atoms with Gasteiger partial charge in [0.25, 0.3) is 5.91 Å². The summed E-state index contributed by atoms with van der Waals surface area (Å²) in [6, 6.07) is 3.84. The minimum atomic E-state index is 0.0243. The second-order valence-corrected chi connectivity index (χ2v) is 5.21. The molecule has 114 valence electrons. The lowest BCUT2D eigenvalue weighted by Gasteiger charge is -2.35. The summed E-state index contributed by atoms with van der Waals surface area (Å²) >= 11 is 0. The van der Waals surface area contributed by atoms with Crippen LogP contribution in [0.1, 0.15) is 23.0 Å². The number of hydrogen-bond acceptors (Lipinski definition) is 5. The Morgan fingerprint density at radius 3 is 2.64 bits per heavy atom. The molecule has 0 N–H and O–H groups in total. The third-order valence-electron chi connectivity index (χ3n) is 3.92. The van der Waals surface area contributed by atoms with Crippen LogP contribution in [0.3, 0.4) is 0 Å². The molecule has 0 bridgehead atoms. The van der Waals surface area contributed by atoms with Gasteiger partial charge in [0.05, 0.1) is 6.20 Å². The Hall–Kier alpha value is -2.50. The van der Waals surface area contributed by atoms with Gasteiger partial charge >= 0.3 is 0 Å². The SMILES string of the molecule is CCc1cccnc1C(=O)N1CCN(c2cnccn2)CC1. The average Bonchev–Trinajstić information content (AvgIpc) is 2.62. The first kappa shape index (κ1) is 14.4. The average molecular weight is 297 g/mol. The maximum atomic E-state index is 12.6. The van der Waals surface area contributed by atoms with Crippen molar-refractivity contribution in [1.29, 1.82) is 0 Å². The van der Waals surface area contributed by atoms with E-state index < -0.39 is 0 Å². The number of carbonyl (C=O) groups is 1. The molecule has 1 aliphatic rings. The molecule has 1 aliphatic heterocycles. The summed E-state index contributed by atoms with van der Waals surface area (Å²) in [6.45, 7) is 4.92. The van der Waals surface area contributed by atoms with Gasteiger partial charge in [-0.05, 0) is 18.1 Å². The lowest BCUT2D eigenvalue weighted by atomic mass is 10.1. The predicted molar refractivity (Wildman–Crippen MR) is 83.8 cm³/mol. The van der Waals surface area contributed by atoms with Crippen LogP contribution in [0.4, 0.5) is 5.82 Å². The number of anilines is 1. The minimum absolute atomic E-state index is 0.0243. The summed E-state index contributed by atoms with van der Waals surface area (Å²) in [5.41, 5.74) is 1.59. The Morgan fingerprint density at radius 1 is 1.14 bits per heavy atom. The second-order valence-electron chi connectivity index (χ2n) is 5.21. The maximum absolute atomic E-state index is 12.6. The van der Waals surface area contributed by atoms with Crippen molar-refractivity contribution in [2.24, 2.45) is 0 Å². The Kier molecular flexibility index (Phi) is 4.27. The van der Waals surface area contributed by atoms with E-state index >= 15 is 0 Å². The van der Waals surface area contributed by atoms with Crippen LogP contribution in [0.2, 0.25) is 0 Å². The van der Waals surface area contributed by atoms with Gasteiger partial charge in [0.2, 0.25) is 0 Å². The molecule has 0 aromatic carbocycles. The Bertz CT molecular complexity index is 638. The molecule has 6 nitrogen and oxygen atoms in total. The van der Waals surface area contributed by atoms with E-state index in [0.717, 1.165) is 30.9 Å². The molecule has 0 radical (unpaired) electrons. The molecule has 0 saturated carbocycles. The number of aromatic nitrogens is 3. The Balaban J connectivity index is 1.67. The number of aryl methyl sites for hydroxylation is 1. The summed E-state index contributed by atoms with van der Waals surface area (Å²) in [6.07, 6.45) is 7.60. The van der Waals surface area contributed by atoms with Crippen molar-refractivity contribution in [3.63, 3.8) is 0 Å². The van der Waals surface area contributed by atoms with E-state index in [2.05, 4.69) is 19.9 Å². The van der Waals surface area contributed by atoms with E-state index in [9.17, 15) is 4.79 Å². The fraction of sp³-hybridized carbons (Fsp3) is 0.375. The Morgan fingerprint density at radius 2 is 1.95 bits per heavy atom. The highest BCUT2D eigenvalue weighted by Crippen LogP contribution is 2.15. The molecule has 0 aliphatic carbocycles. The summed E-state index contributed by atoms with van der Waals surface area (Å²) in [5.74, 6) is 0.887. The van der Waals surface area contributed by atoms with Crippen molar-refractivity contribution >= 4 is 11.7 Å². The van der Waals surface area contributed by atoms with Gasteiger partial charge in [0.1, 0.15) is 11.5 Å². The van der Waals surface area contributed by atoms with Gasteiger partial charge in [-0.15, -0.1) is 0 Å². The van der Waals surface area contributed by atoms with Crippen molar-refractivity contribution in [3.8, 4) is 0 Å². The van der Waals surface area contributed by atoms with Gasteiger partial charge in [-0.1, -0.05) is 13.0 Å². The van der Waals surface area contributed by atoms with Crippen LogP contribution in [-0.2, 0) is 6.42 Å². The molecule has 3 heterocycles. The van der Waals surface area contributed by atoms with Gasteiger partial charge in [-0.3, -0.25) is 14.8 Å². The lowest BCUT2D eigenvalue weighted by molar-refractivity contribution is 0.0739. The molecule has 0 spiro atoms. The van der Waals surface area contributed by atoms with Gasteiger partial charge in [0, 0.05) is 44.8 Å². The van der Waals surface area contributed by atoms with Crippen LogP contribution < -0.4 is 4.90 Å². The molecule has 1 fully saturated rings. The number of rotatable bonds is 3. The van der Waals surface area contributed by atoms with E-state index in [1.807, 2.05) is 24.0 Å². The van der Waals surface area contributed by atoms with Crippen molar-refractivity contribution < 1.29 is 4.79 Å². The van der Waals surface area contributed by atoms with E-state index in [0.29, 0.717) is 18.8 Å². The number of piperazine rings is 1. The second kappa shape index (κ2) is 6.51. The lowest BCUT2D eigenvalue weighted by Crippen LogP contribution is -2.49. The smallest absolute Gasteiger partial charge is 0.272 e. The van der Waals surface area contributed by atoms with Gasteiger partial charge < -0.3 is 9.80 Å². The molecule has 0 atom stereocenters. The van der Waals surface area contributed by atoms with Crippen molar-refractivity contribution in [1.82, 2.24) is 19.9 Å². The fourth-order valence-electron chi connectivity index (χ4n) is 2.66. The molecule has 3 rings (SSSR count). The van der Waals surface area contributed by atoms with Crippen molar-refractivity contribution in [3.05, 3.63) is 48.2 Å². The van der Waals surface area contributed by atoms with Crippen LogP contribution in [0.5, 0.6) is 0 Å². The van der Waals surface area contributed by atoms with Gasteiger partial charge in [-0.2, -0.15) is 0 Å². The standard InChI is InChI=1S/C16H19N5O/c1-2-13-4-3-5-19-15(13)16(22)21-10-8-20(9-11-21)14-12-17-6-7-18-14/h3-7,12H,2,8-11H2,1H3. The molecule has 2 aromatic heterocycles. The molecule has 1 saturated heterocycles. The number of carbonyl (C=O) groups excluding carboxylic acids is 1. The minimum Gasteiger partial charge on any atom is -0.352 e. The third kappa shape index (κ3) is 2.90. The molecule has 2 aromatic rings. The molecular formula is C16H19N5O. The van der Waals surface area contributed by atoms with Crippen molar-refractivity contribution in [2.75, 3.05) is 31.1 Å². The summed E-state index contributed by atoms with van der Waals surface area (Å²) < 4.78 is 0. The zero-order chi connectivity index (χ0) is 15.4.